The van der Waals surface area contributed by atoms with Gasteiger partial charge in [-0.1, -0.05) is 83.3 Å². The van der Waals surface area contributed by atoms with Crippen molar-refractivity contribution in [2.24, 2.45) is 5.41 Å². The summed E-state index contributed by atoms with van der Waals surface area (Å²) in [6, 6.07) is 0. The minimum Gasteiger partial charge on any atom is -0.0669 e. The van der Waals surface area contributed by atoms with Crippen molar-refractivity contribution in [2.75, 3.05) is 0 Å². The molecule has 1 radical (unpaired) electrons. The molecule has 0 atom stereocenters. The summed E-state index contributed by atoms with van der Waals surface area (Å²) >= 11 is 0. The highest BCUT2D eigenvalue weighted by atomic mass is 14.5. The molecule has 2 rings (SSSR count). The van der Waals surface area contributed by atoms with E-state index in [-0.39, 0.29) is 0 Å². The van der Waals surface area contributed by atoms with Crippen molar-refractivity contribution in [3.63, 3.8) is 0 Å². The number of rotatable bonds is 2. The van der Waals surface area contributed by atoms with E-state index in [2.05, 4.69) is 35.0 Å². The second-order valence-corrected chi connectivity index (χ2v) is 6.90. The quantitative estimate of drug-likeness (QED) is 0.566. The Balaban J connectivity index is 2.27. The fraction of sp³-hybridized carbons (Fsp3) is 1.00. The van der Waals surface area contributed by atoms with Crippen LogP contribution in [-0.4, -0.2) is 7.28 Å². The normalized spacial score (nSPS) is 41.1. The highest BCUT2D eigenvalue weighted by Crippen LogP contribution is 2.65. The number of hydrogen-bond acceptors (Lipinski definition) is 0. The summed E-state index contributed by atoms with van der Waals surface area (Å²) in [6.45, 7) is 9.83. The molecule has 0 amide bonds. The van der Waals surface area contributed by atoms with Crippen molar-refractivity contribution in [3.8, 4) is 0 Å². The predicted molar refractivity (Wildman–Crippen MR) is 68.6 cm³/mol. The summed E-state index contributed by atoms with van der Waals surface area (Å²) in [4.78, 5) is 0. The fourth-order valence-corrected chi connectivity index (χ4v) is 4.05. The maximum absolute atomic E-state index is 2.77. The van der Waals surface area contributed by atoms with Gasteiger partial charge in [-0.3, -0.25) is 0 Å². The third-order valence-electron chi connectivity index (χ3n) is 5.60. The first kappa shape index (κ1) is 11.5. The second-order valence-electron chi connectivity index (χ2n) is 6.90. The summed E-state index contributed by atoms with van der Waals surface area (Å²) in [5.74, 6) is 0. The molecule has 0 aromatic carbocycles. The minimum absolute atomic E-state index is 0.509. The van der Waals surface area contributed by atoms with Crippen molar-refractivity contribution in [1.82, 2.24) is 0 Å². The van der Waals surface area contributed by atoms with Gasteiger partial charge in [0.25, 0.3) is 0 Å². The third-order valence-corrected chi connectivity index (χ3v) is 5.60. The zero-order valence-corrected chi connectivity index (χ0v) is 11.0. The lowest BCUT2D eigenvalue weighted by Gasteiger charge is -2.57. The molecule has 0 spiro atoms. The SMILES string of the molecule is CCC(C)(C)C12[B]C(C)(CCC1)CCC2. The predicted octanol–water partition coefficient (Wildman–Crippen LogP) is 4.83. The van der Waals surface area contributed by atoms with Gasteiger partial charge < -0.3 is 0 Å². The Labute approximate surface area is 96.5 Å². The molecule has 2 bridgehead atoms. The Bertz CT molecular complexity index is 232. The highest BCUT2D eigenvalue weighted by Gasteiger charge is 2.52. The van der Waals surface area contributed by atoms with Crippen LogP contribution in [0.25, 0.3) is 0 Å². The lowest BCUT2D eigenvalue weighted by Crippen LogP contribution is -2.46. The van der Waals surface area contributed by atoms with Gasteiger partial charge in [0.2, 0.25) is 0 Å². The smallest absolute Gasteiger partial charge is 0.0669 e. The number of fused-ring (bicyclic) bond motifs is 2. The van der Waals surface area contributed by atoms with Gasteiger partial charge in [-0.05, 0) is 5.41 Å². The van der Waals surface area contributed by atoms with E-state index in [9.17, 15) is 0 Å². The summed E-state index contributed by atoms with van der Waals surface area (Å²) in [5.41, 5.74) is 0.509. The van der Waals surface area contributed by atoms with Gasteiger partial charge in [0.05, 0.1) is 0 Å². The maximum atomic E-state index is 2.77. The molecule has 0 aromatic rings. The van der Waals surface area contributed by atoms with Gasteiger partial charge in [-0.25, -0.2) is 0 Å². The largest absolute Gasteiger partial charge is 0.126 e. The molecule has 0 nitrogen and oxygen atoms in total. The molecule has 1 heteroatoms. The lowest BCUT2D eigenvalue weighted by atomic mass is 9.25. The van der Waals surface area contributed by atoms with Crippen molar-refractivity contribution >= 4 is 7.28 Å². The summed E-state index contributed by atoms with van der Waals surface area (Å²) in [5, 5.41) is 1.13. The topological polar surface area (TPSA) is 0 Å². The van der Waals surface area contributed by atoms with Crippen LogP contribution in [0.4, 0.5) is 0 Å². The molecular formula is C14H26B. The molecule has 0 aliphatic carbocycles. The Morgan fingerprint density at radius 3 is 2.07 bits per heavy atom. The minimum atomic E-state index is 0.509. The fourth-order valence-electron chi connectivity index (χ4n) is 4.05. The van der Waals surface area contributed by atoms with Crippen LogP contribution in [0.5, 0.6) is 0 Å². The first-order chi connectivity index (χ1) is 6.93. The van der Waals surface area contributed by atoms with E-state index in [0.717, 1.165) is 0 Å². The van der Waals surface area contributed by atoms with Crippen LogP contribution in [0.3, 0.4) is 0 Å². The highest BCUT2D eigenvalue weighted by molar-refractivity contribution is 6.45. The first-order valence-electron chi connectivity index (χ1n) is 6.80. The van der Waals surface area contributed by atoms with Gasteiger partial charge in [0.1, 0.15) is 7.28 Å². The van der Waals surface area contributed by atoms with E-state index in [4.69, 9.17) is 0 Å². The van der Waals surface area contributed by atoms with Crippen LogP contribution in [-0.2, 0) is 0 Å². The van der Waals surface area contributed by atoms with E-state index in [0.29, 0.717) is 16.0 Å². The first-order valence-corrected chi connectivity index (χ1v) is 6.80. The van der Waals surface area contributed by atoms with Crippen molar-refractivity contribution in [2.45, 2.75) is 83.3 Å². The zero-order valence-electron chi connectivity index (χ0n) is 11.0. The van der Waals surface area contributed by atoms with Crippen LogP contribution in [0.1, 0.15) is 72.6 Å². The molecule has 85 valence electrons. The second kappa shape index (κ2) is 3.53. The zero-order chi connectivity index (χ0) is 11.2. The van der Waals surface area contributed by atoms with Crippen LogP contribution in [0.2, 0.25) is 10.6 Å². The van der Waals surface area contributed by atoms with E-state index in [1.165, 1.54) is 44.9 Å². The van der Waals surface area contributed by atoms with Gasteiger partial charge in [0, 0.05) is 0 Å². The van der Waals surface area contributed by atoms with Crippen molar-refractivity contribution < 1.29 is 0 Å². The Kier molecular flexibility index (Phi) is 2.72. The van der Waals surface area contributed by atoms with Gasteiger partial charge in [-0.15, -0.1) is 0 Å². The van der Waals surface area contributed by atoms with E-state index < -0.39 is 0 Å². The van der Waals surface area contributed by atoms with Crippen LogP contribution in [0, 0.1) is 5.41 Å². The van der Waals surface area contributed by atoms with Crippen molar-refractivity contribution in [3.05, 3.63) is 0 Å². The Morgan fingerprint density at radius 1 is 1.07 bits per heavy atom. The van der Waals surface area contributed by atoms with E-state index in [1.54, 1.807) is 0 Å². The maximum Gasteiger partial charge on any atom is 0.126 e. The average molecular weight is 205 g/mol. The molecule has 2 aliphatic rings. The van der Waals surface area contributed by atoms with Gasteiger partial charge in [-0.2, -0.15) is 0 Å². The Morgan fingerprint density at radius 2 is 1.60 bits per heavy atom. The van der Waals surface area contributed by atoms with Crippen molar-refractivity contribution in [1.29, 1.82) is 0 Å². The summed E-state index contributed by atoms with van der Waals surface area (Å²) in [6.07, 6.45) is 10.0. The molecule has 2 heterocycles. The van der Waals surface area contributed by atoms with Gasteiger partial charge >= 0.3 is 0 Å². The third kappa shape index (κ3) is 1.76. The molecule has 0 aromatic heterocycles. The molecule has 2 aliphatic heterocycles. The van der Waals surface area contributed by atoms with Crippen LogP contribution >= 0.6 is 0 Å². The molecule has 2 saturated heterocycles. The standard InChI is InChI=1S/C14H26B/c1-5-12(2,3)14-10-6-8-13(4,15-14)9-7-11-14/h5-11H2,1-4H3. The summed E-state index contributed by atoms with van der Waals surface area (Å²) < 4.78 is 0. The molecule has 0 saturated carbocycles. The average Bonchev–Trinajstić information content (AvgIpc) is 2.16. The van der Waals surface area contributed by atoms with Crippen LogP contribution < -0.4 is 0 Å². The van der Waals surface area contributed by atoms with Gasteiger partial charge in [0.15, 0.2) is 0 Å². The molecule has 2 fully saturated rings. The molecule has 0 N–H and O–H groups in total. The monoisotopic (exact) mass is 205 g/mol. The van der Waals surface area contributed by atoms with Crippen LogP contribution in [0.15, 0.2) is 0 Å². The Hall–Kier alpha value is 0.0649. The molecule has 0 unspecified atom stereocenters. The molecular weight excluding hydrogens is 179 g/mol. The van der Waals surface area contributed by atoms with E-state index in [1.807, 2.05) is 0 Å². The summed E-state index contributed by atoms with van der Waals surface area (Å²) in [7, 11) is 2.77. The molecule has 15 heavy (non-hydrogen) atoms. The number of hydrogen-bond donors (Lipinski definition) is 0. The van der Waals surface area contributed by atoms with E-state index >= 15 is 0 Å². The lowest BCUT2D eigenvalue weighted by molar-refractivity contribution is 0.146.